The fraction of sp³-hybridized carbons (Fsp3) is 0.889. The van der Waals surface area contributed by atoms with Crippen molar-refractivity contribution in [3.63, 3.8) is 0 Å². The number of carbonyl (C=O) groups excluding carboxylic acids is 2. The minimum Gasteiger partial charge on any atom is -0.394 e. The van der Waals surface area contributed by atoms with Gasteiger partial charge in [0.2, 0.25) is 11.8 Å². The van der Waals surface area contributed by atoms with E-state index in [1.807, 2.05) is 0 Å². The van der Waals surface area contributed by atoms with E-state index in [4.69, 9.17) is 4.74 Å². The maximum atomic E-state index is 12.1. The zero-order chi connectivity index (χ0) is 18.1. The van der Waals surface area contributed by atoms with E-state index < -0.39 is 6.10 Å². The molecular weight excluding hydrogens is 322 g/mol. The van der Waals surface area contributed by atoms with Gasteiger partial charge in [-0.2, -0.15) is 0 Å². The second-order valence-corrected chi connectivity index (χ2v) is 7.04. The predicted octanol–water partition coefficient (Wildman–Crippen LogP) is 0.413. The van der Waals surface area contributed by atoms with E-state index in [1.54, 1.807) is 6.92 Å². The van der Waals surface area contributed by atoms with Crippen LogP contribution in [-0.4, -0.2) is 72.9 Å². The summed E-state index contributed by atoms with van der Waals surface area (Å²) in [6.07, 6.45) is 5.35. The Bertz CT molecular complexity index is 427. The summed E-state index contributed by atoms with van der Waals surface area (Å²) in [5, 5.41) is 15.4. The summed E-state index contributed by atoms with van der Waals surface area (Å²) in [5.41, 5.74) is 0. The number of nitrogens with one attached hydrogen (secondary N) is 2. The van der Waals surface area contributed by atoms with Gasteiger partial charge in [0.25, 0.3) is 0 Å². The van der Waals surface area contributed by atoms with Gasteiger partial charge in [0.05, 0.1) is 25.2 Å². The number of hydrogen-bond acceptors (Lipinski definition) is 5. The number of likely N-dealkylation sites (tertiary alicyclic amines) is 1. The Labute approximate surface area is 150 Å². The van der Waals surface area contributed by atoms with Gasteiger partial charge in [-0.15, -0.1) is 0 Å². The molecule has 0 aromatic rings. The maximum absolute atomic E-state index is 12.1. The second-order valence-electron chi connectivity index (χ2n) is 7.04. The molecule has 0 bridgehead atoms. The standard InChI is InChI=1S/C18H33N3O4/c1-2-17(23)20-15-7-6-14(25-16(15)13-22)12-18(24)19-8-11-21-9-4-3-5-10-21/h14-16,22H,2-13H2,1H3,(H,19,24)(H,20,23)/t14-,15-,16-/m1/s1. The van der Waals surface area contributed by atoms with Crippen molar-refractivity contribution in [3.05, 3.63) is 0 Å². The van der Waals surface area contributed by atoms with Gasteiger partial charge in [-0.3, -0.25) is 9.59 Å². The van der Waals surface area contributed by atoms with Crippen molar-refractivity contribution < 1.29 is 19.4 Å². The van der Waals surface area contributed by atoms with Crippen LogP contribution in [0.15, 0.2) is 0 Å². The van der Waals surface area contributed by atoms with Crippen LogP contribution >= 0.6 is 0 Å². The quantitative estimate of drug-likeness (QED) is 0.587. The SMILES string of the molecule is CCC(=O)N[C@@H]1CC[C@H](CC(=O)NCCN2CCCCC2)O[C@@H]1CO. The molecule has 0 aromatic carbocycles. The Morgan fingerprint density at radius 3 is 2.60 bits per heavy atom. The van der Waals surface area contributed by atoms with Crippen molar-refractivity contribution in [1.29, 1.82) is 0 Å². The summed E-state index contributed by atoms with van der Waals surface area (Å²) in [6.45, 7) is 5.48. The summed E-state index contributed by atoms with van der Waals surface area (Å²) in [6, 6.07) is -0.170. The van der Waals surface area contributed by atoms with Crippen molar-refractivity contribution in [2.45, 2.75) is 70.1 Å². The number of aliphatic hydroxyl groups is 1. The highest BCUT2D eigenvalue weighted by Gasteiger charge is 2.32. The molecular formula is C18H33N3O4. The molecule has 2 aliphatic rings. The fourth-order valence-electron chi connectivity index (χ4n) is 3.57. The van der Waals surface area contributed by atoms with E-state index in [1.165, 1.54) is 19.3 Å². The number of amides is 2. The van der Waals surface area contributed by atoms with Crippen molar-refractivity contribution in [3.8, 4) is 0 Å². The first-order valence-electron chi connectivity index (χ1n) is 9.67. The zero-order valence-electron chi connectivity index (χ0n) is 15.3. The van der Waals surface area contributed by atoms with E-state index in [0.717, 1.165) is 26.1 Å². The molecule has 0 radical (unpaired) electrons. The molecule has 2 rings (SSSR count). The van der Waals surface area contributed by atoms with Crippen LogP contribution in [0.1, 0.15) is 51.9 Å². The highest BCUT2D eigenvalue weighted by molar-refractivity contribution is 5.76. The molecule has 2 heterocycles. The first-order chi connectivity index (χ1) is 12.1. The molecule has 7 heteroatoms. The van der Waals surface area contributed by atoms with Crippen molar-refractivity contribution in [2.75, 3.05) is 32.8 Å². The average molecular weight is 355 g/mol. The molecule has 2 fully saturated rings. The van der Waals surface area contributed by atoms with E-state index >= 15 is 0 Å². The van der Waals surface area contributed by atoms with E-state index in [9.17, 15) is 14.7 Å². The maximum Gasteiger partial charge on any atom is 0.222 e. The van der Waals surface area contributed by atoms with Crippen LogP contribution in [0, 0.1) is 0 Å². The van der Waals surface area contributed by atoms with E-state index in [0.29, 0.717) is 25.8 Å². The molecule has 0 spiro atoms. The number of piperidine rings is 1. The van der Waals surface area contributed by atoms with Crippen LogP contribution in [0.5, 0.6) is 0 Å². The third-order valence-electron chi connectivity index (χ3n) is 5.08. The Balaban J connectivity index is 1.66. The Kier molecular flexibility index (Phi) is 8.64. The average Bonchev–Trinajstić information content (AvgIpc) is 2.63. The van der Waals surface area contributed by atoms with E-state index in [2.05, 4.69) is 15.5 Å². The van der Waals surface area contributed by atoms with Crippen molar-refractivity contribution in [1.82, 2.24) is 15.5 Å². The third kappa shape index (κ3) is 6.92. The number of hydrogen-bond donors (Lipinski definition) is 3. The van der Waals surface area contributed by atoms with Gasteiger partial charge >= 0.3 is 0 Å². The first-order valence-corrected chi connectivity index (χ1v) is 9.67. The van der Waals surface area contributed by atoms with Gasteiger partial charge in [0, 0.05) is 19.5 Å². The van der Waals surface area contributed by atoms with Gasteiger partial charge in [-0.25, -0.2) is 0 Å². The van der Waals surface area contributed by atoms with Crippen LogP contribution in [0.4, 0.5) is 0 Å². The fourth-order valence-corrected chi connectivity index (χ4v) is 3.57. The van der Waals surface area contributed by atoms with Crippen LogP contribution in [0.2, 0.25) is 0 Å². The molecule has 7 nitrogen and oxygen atoms in total. The number of rotatable bonds is 8. The van der Waals surface area contributed by atoms with Gasteiger partial charge in [-0.05, 0) is 38.8 Å². The predicted molar refractivity (Wildman–Crippen MR) is 95.1 cm³/mol. The monoisotopic (exact) mass is 355 g/mol. The highest BCUT2D eigenvalue weighted by Crippen LogP contribution is 2.22. The molecule has 0 aromatic heterocycles. The molecule has 3 N–H and O–H groups in total. The number of ether oxygens (including phenoxy) is 1. The number of aliphatic hydroxyl groups excluding tert-OH is 1. The Morgan fingerprint density at radius 1 is 1.16 bits per heavy atom. The topological polar surface area (TPSA) is 90.9 Å². The molecule has 144 valence electrons. The van der Waals surface area contributed by atoms with Crippen LogP contribution in [0.25, 0.3) is 0 Å². The molecule has 0 aliphatic carbocycles. The summed E-state index contributed by atoms with van der Waals surface area (Å²) in [4.78, 5) is 26.0. The Morgan fingerprint density at radius 2 is 1.92 bits per heavy atom. The lowest BCUT2D eigenvalue weighted by Gasteiger charge is -2.36. The molecule has 0 saturated carbocycles. The smallest absolute Gasteiger partial charge is 0.222 e. The number of carbonyl (C=O) groups is 2. The van der Waals surface area contributed by atoms with Gasteiger partial charge < -0.3 is 25.4 Å². The molecule has 2 saturated heterocycles. The summed E-state index contributed by atoms with van der Waals surface area (Å²) < 4.78 is 5.82. The summed E-state index contributed by atoms with van der Waals surface area (Å²) in [7, 11) is 0. The minimum absolute atomic E-state index is 0.00487. The van der Waals surface area contributed by atoms with Gasteiger partial charge in [0.1, 0.15) is 6.10 Å². The normalized spacial score (nSPS) is 27.7. The lowest BCUT2D eigenvalue weighted by molar-refractivity contribution is -0.135. The van der Waals surface area contributed by atoms with Crippen LogP contribution < -0.4 is 10.6 Å². The van der Waals surface area contributed by atoms with Crippen molar-refractivity contribution >= 4 is 11.8 Å². The van der Waals surface area contributed by atoms with Crippen LogP contribution in [-0.2, 0) is 14.3 Å². The molecule has 2 aliphatic heterocycles. The highest BCUT2D eigenvalue weighted by atomic mass is 16.5. The summed E-state index contributed by atoms with van der Waals surface area (Å²) in [5.74, 6) is -0.0456. The Hall–Kier alpha value is -1.18. The van der Waals surface area contributed by atoms with Gasteiger partial charge in [-0.1, -0.05) is 13.3 Å². The largest absolute Gasteiger partial charge is 0.394 e. The van der Waals surface area contributed by atoms with E-state index in [-0.39, 0.29) is 30.6 Å². The minimum atomic E-state index is -0.435. The lowest BCUT2D eigenvalue weighted by Crippen LogP contribution is -2.51. The summed E-state index contributed by atoms with van der Waals surface area (Å²) >= 11 is 0. The van der Waals surface area contributed by atoms with Gasteiger partial charge in [0.15, 0.2) is 0 Å². The molecule has 25 heavy (non-hydrogen) atoms. The molecule has 3 atom stereocenters. The molecule has 0 unspecified atom stereocenters. The van der Waals surface area contributed by atoms with Crippen molar-refractivity contribution in [2.24, 2.45) is 0 Å². The first kappa shape index (κ1) is 20.1. The van der Waals surface area contributed by atoms with Crippen LogP contribution in [0.3, 0.4) is 0 Å². The second kappa shape index (κ2) is 10.7. The zero-order valence-corrected chi connectivity index (χ0v) is 15.3. The molecule has 2 amide bonds. The number of nitrogens with zero attached hydrogens (tertiary/aromatic N) is 1. The lowest BCUT2D eigenvalue weighted by atomic mass is 9.97. The third-order valence-corrected chi connectivity index (χ3v) is 5.08.